The normalized spacial score (nSPS) is 13.5. The molecule has 0 saturated carbocycles. The van der Waals surface area contributed by atoms with Crippen LogP contribution >= 0.6 is 0 Å². The zero-order chi connectivity index (χ0) is 18.5. The molecule has 3 rings (SSSR count). The van der Waals surface area contributed by atoms with Crippen LogP contribution in [0.25, 0.3) is 0 Å². The van der Waals surface area contributed by atoms with E-state index in [0.717, 1.165) is 11.3 Å². The minimum atomic E-state index is -0.285. The van der Waals surface area contributed by atoms with Gasteiger partial charge in [0.25, 0.3) is 0 Å². The van der Waals surface area contributed by atoms with Crippen molar-refractivity contribution in [3.63, 3.8) is 0 Å². The molecule has 1 aliphatic heterocycles. The van der Waals surface area contributed by atoms with Gasteiger partial charge in [-0.1, -0.05) is 12.1 Å². The zero-order valence-electron chi connectivity index (χ0n) is 15.3. The van der Waals surface area contributed by atoms with Crippen LogP contribution in [0.3, 0.4) is 0 Å². The van der Waals surface area contributed by atoms with Gasteiger partial charge in [0.15, 0.2) is 11.5 Å². The highest BCUT2D eigenvalue weighted by atomic mass is 16.7. The fraction of sp³-hybridized carbons (Fsp3) is 0.350. The first-order chi connectivity index (χ1) is 12.6. The minimum Gasteiger partial charge on any atom is -0.494 e. The number of ether oxygens (including phenoxy) is 3. The minimum absolute atomic E-state index is 0.0719. The van der Waals surface area contributed by atoms with Crippen LogP contribution in [0.5, 0.6) is 17.2 Å². The highest BCUT2D eigenvalue weighted by Crippen LogP contribution is 2.34. The average Bonchev–Trinajstić information content (AvgIpc) is 3.10. The SMILES string of the molecule is CCOc1ccc(CN(C)[C@H](C)C(=O)Nc2ccc3c(c2)OCO3)cc1. The van der Waals surface area contributed by atoms with Crippen molar-refractivity contribution in [1.82, 2.24) is 4.90 Å². The lowest BCUT2D eigenvalue weighted by atomic mass is 10.1. The number of nitrogens with zero attached hydrogens (tertiary/aromatic N) is 1. The van der Waals surface area contributed by atoms with Crippen molar-refractivity contribution in [3.8, 4) is 17.2 Å². The predicted molar refractivity (Wildman–Crippen MR) is 99.7 cm³/mol. The fourth-order valence-corrected chi connectivity index (χ4v) is 2.70. The largest absolute Gasteiger partial charge is 0.494 e. The van der Waals surface area contributed by atoms with E-state index in [1.165, 1.54) is 0 Å². The number of anilines is 1. The van der Waals surface area contributed by atoms with E-state index in [4.69, 9.17) is 14.2 Å². The van der Waals surface area contributed by atoms with Gasteiger partial charge in [-0.25, -0.2) is 0 Å². The molecule has 0 radical (unpaired) electrons. The second kappa shape index (κ2) is 8.10. The Hall–Kier alpha value is -2.73. The van der Waals surface area contributed by atoms with Gasteiger partial charge in [0.2, 0.25) is 12.7 Å². The van der Waals surface area contributed by atoms with Gasteiger partial charge >= 0.3 is 0 Å². The van der Waals surface area contributed by atoms with Gasteiger partial charge in [0.05, 0.1) is 12.6 Å². The first-order valence-corrected chi connectivity index (χ1v) is 8.69. The lowest BCUT2D eigenvalue weighted by Crippen LogP contribution is -2.39. The smallest absolute Gasteiger partial charge is 0.241 e. The summed E-state index contributed by atoms with van der Waals surface area (Å²) in [6, 6.07) is 13.0. The molecule has 1 N–H and O–H groups in total. The lowest BCUT2D eigenvalue weighted by Gasteiger charge is -2.24. The quantitative estimate of drug-likeness (QED) is 0.825. The summed E-state index contributed by atoms with van der Waals surface area (Å²) in [4.78, 5) is 14.5. The van der Waals surface area contributed by atoms with Gasteiger partial charge < -0.3 is 19.5 Å². The summed E-state index contributed by atoms with van der Waals surface area (Å²) in [5.41, 5.74) is 1.82. The Kier molecular flexibility index (Phi) is 5.63. The van der Waals surface area contributed by atoms with Crippen molar-refractivity contribution in [2.45, 2.75) is 26.4 Å². The van der Waals surface area contributed by atoms with Crippen molar-refractivity contribution in [2.75, 3.05) is 25.8 Å². The van der Waals surface area contributed by atoms with E-state index in [0.29, 0.717) is 30.3 Å². The van der Waals surface area contributed by atoms with Crippen molar-refractivity contribution >= 4 is 11.6 Å². The maximum atomic E-state index is 12.5. The maximum Gasteiger partial charge on any atom is 0.241 e. The van der Waals surface area contributed by atoms with Crippen LogP contribution < -0.4 is 19.5 Å². The number of carbonyl (C=O) groups is 1. The highest BCUT2D eigenvalue weighted by molar-refractivity contribution is 5.94. The Labute approximate surface area is 153 Å². The van der Waals surface area contributed by atoms with Gasteiger partial charge in [0.1, 0.15) is 5.75 Å². The van der Waals surface area contributed by atoms with Gasteiger partial charge in [-0.15, -0.1) is 0 Å². The monoisotopic (exact) mass is 356 g/mol. The second-order valence-electron chi connectivity index (χ2n) is 6.23. The van der Waals surface area contributed by atoms with Crippen LogP contribution in [0.15, 0.2) is 42.5 Å². The van der Waals surface area contributed by atoms with Crippen LogP contribution in [0.2, 0.25) is 0 Å². The third kappa shape index (κ3) is 4.26. The summed E-state index contributed by atoms with van der Waals surface area (Å²) in [5.74, 6) is 2.13. The van der Waals surface area contributed by atoms with Crippen molar-refractivity contribution in [3.05, 3.63) is 48.0 Å². The molecule has 138 valence electrons. The molecule has 1 amide bonds. The molecule has 1 atom stereocenters. The predicted octanol–water partition coefficient (Wildman–Crippen LogP) is 3.27. The molecule has 6 nitrogen and oxygen atoms in total. The van der Waals surface area contributed by atoms with E-state index < -0.39 is 0 Å². The Morgan fingerprint density at radius 1 is 1.19 bits per heavy atom. The molecule has 0 aromatic heterocycles. The van der Waals surface area contributed by atoms with E-state index in [1.807, 2.05) is 56.1 Å². The van der Waals surface area contributed by atoms with Crippen LogP contribution in [-0.2, 0) is 11.3 Å². The molecule has 2 aromatic rings. The van der Waals surface area contributed by atoms with Gasteiger partial charge in [-0.3, -0.25) is 9.69 Å². The number of amides is 1. The molecule has 0 fully saturated rings. The number of likely N-dealkylation sites (N-methyl/N-ethyl adjacent to an activating group) is 1. The van der Waals surface area contributed by atoms with E-state index in [9.17, 15) is 4.79 Å². The molecule has 6 heteroatoms. The number of nitrogens with one attached hydrogen (secondary N) is 1. The molecule has 0 aliphatic carbocycles. The van der Waals surface area contributed by atoms with E-state index in [1.54, 1.807) is 12.1 Å². The number of fused-ring (bicyclic) bond motifs is 1. The third-order valence-corrected chi connectivity index (χ3v) is 4.35. The number of benzene rings is 2. The van der Waals surface area contributed by atoms with Crippen molar-refractivity contribution in [1.29, 1.82) is 0 Å². The van der Waals surface area contributed by atoms with Crippen LogP contribution in [0, 0.1) is 0 Å². The summed E-state index contributed by atoms with van der Waals surface area (Å²) in [6.45, 7) is 5.38. The molecule has 0 saturated heterocycles. The summed E-state index contributed by atoms with van der Waals surface area (Å²) in [7, 11) is 1.93. The first-order valence-electron chi connectivity index (χ1n) is 8.69. The molecule has 0 spiro atoms. The van der Waals surface area contributed by atoms with Gasteiger partial charge in [0, 0.05) is 18.3 Å². The van der Waals surface area contributed by atoms with Gasteiger partial charge in [-0.05, 0) is 50.7 Å². The van der Waals surface area contributed by atoms with E-state index in [-0.39, 0.29) is 18.7 Å². The molecule has 26 heavy (non-hydrogen) atoms. The Bertz CT molecular complexity index is 761. The number of rotatable bonds is 7. The van der Waals surface area contributed by atoms with Crippen molar-refractivity contribution in [2.24, 2.45) is 0 Å². The summed E-state index contributed by atoms with van der Waals surface area (Å²) in [6.07, 6.45) is 0. The zero-order valence-corrected chi connectivity index (χ0v) is 15.3. The highest BCUT2D eigenvalue weighted by Gasteiger charge is 2.20. The van der Waals surface area contributed by atoms with E-state index in [2.05, 4.69) is 5.32 Å². The fourth-order valence-electron chi connectivity index (χ4n) is 2.70. The standard InChI is InChI=1S/C20H24N2O4/c1-4-24-17-8-5-15(6-9-17)12-22(3)14(2)20(23)21-16-7-10-18-19(11-16)26-13-25-18/h5-11,14H,4,12-13H2,1-3H3,(H,21,23)/t14-/m1/s1. The Morgan fingerprint density at radius 2 is 1.92 bits per heavy atom. The molecule has 1 aliphatic rings. The van der Waals surface area contributed by atoms with Crippen LogP contribution in [-0.4, -0.2) is 37.3 Å². The molecular formula is C20H24N2O4. The summed E-state index contributed by atoms with van der Waals surface area (Å²) < 4.78 is 16.1. The number of carbonyl (C=O) groups excluding carboxylic acids is 1. The topological polar surface area (TPSA) is 60.0 Å². The third-order valence-electron chi connectivity index (χ3n) is 4.35. The summed E-state index contributed by atoms with van der Waals surface area (Å²) >= 11 is 0. The second-order valence-corrected chi connectivity index (χ2v) is 6.23. The Balaban J connectivity index is 1.57. The van der Waals surface area contributed by atoms with Crippen LogP contribution in [0.1, 0.15) is 19.4 Å². The number of hydrogen-bond donors (Lipinski definition) is 1. The lowest BCUT2D eigenvalue weighted by molar-refractivity contribution is -0.120. The molecular weight excluding hydrogens is 332 g/mol. The maximum absolute atomic E-state index is 12.5. The number of hydrogen-bond acceptors (Lipinski definition) is 5. The average molecular weight is 356 g/mol. The first kappa shape index (κ1) is 18.1. The van der Waals surface area contributed by atoms with Crippen LogP contribution in [0.4, 0.5) is 5.69 Å². The molecule has 2 aromatic carbocycles. The van der Waals surface area contributed by atoms with Gasteiger partial charge in [-0.2, -0.15) is 0 Å². The van der Waals surface area contributed by atoms with Crippen molar-refractivity contribution < 1.29 is 19.0 Å². The summed E-state index contributed by atoms with van der Waals surface area (Å²) in [5, 5.41) is 2.93. The van der Waals surface area contributed by atoms with E-state index >= 15 is 0 Å². The molecule has 0 unspecified atom stereocenters. The molecule has 1 heterocycles. The molecule has 0 bridgehead atoms. The Morgan fingerprint density at radius 3 is 2.65 bits per heavy atom.